The normalized spacial score (nSPS) is 17.1. The van der Waals surface area contributed by atoms with Gasteiger partial charge >= 0.3 is 11.9 Å². The number of ketones is 1. The molecule has 20 N–H and O–H groups in total. The largest absolute Gasteiger partial charge is 0.508 e. The van der Waals surface area contributed by atoms with Crippen molar-refractivity contribution in [1.29, 1.82) is 0 Å². The Hall–Kier alpha value is -13.2. The number of carbonyl (C=O) groups is 17. The SMILES string of the molecule is CCCC[C@@H](C(=O)N1C[C@H](O)C[C@@H]1C(=O)N[C@H](C=O)CC(=O)O)N(C)C(=O)[C@H](Cc1ccccc1)N(C)C(=O)[C@H](Cc1cc(F)c(F)c(F)c1)NC(=O)CSC[C@H](NC(=O)[C@H](CCN)NC(=O)[C@H](Cc1ccc(O)cc1)NC(=O)[C@H](Cc1c[nH]c2ccccc12)NC(=O)[C@H]1C[C@@H](O)CN1C(=O)[C@H](CC(=O)O)NCC(=O)C(Cc1ccccc1)N(C)C(=O)[C@@H](N)C(C)C)C(=O)NCC(N)=O. The highest BCUT2D eigenvalue weighted by Crippen LogP contribution is 2.28. The number of likely N-dealkylation sites (tertiary alicyclic amines) is 2. The molecule has 2 saturated heterocycles. The van der Waals surface area contributed by atoms with Gasteiger partial charge in [-0.15, -0.1) is 11.8 Å². The zero-order chi connectivity index (χ0) is 98.5. The summed E-state index contributed by atoms with van der Waals surface area (Å²) in [4.78, 5) is 247. The lowest BCUT2D eigenvalue weighted by Crippen LogP contribution is -2.60. The number of phenolic OH excluding ortho intramolecular Hbond substituents is 1. The molecule has 0 aliphatic carbocycles. The van der Waals surface area contributed by atoms with Gasteiger partial charge in [-0.2, -0.15) is 0 Å². The van der Waals surface area contributed by atoms with Crippen LogP contribution in [0.4, 0.5) is 13.2 Å². The van der Waals surface area contributed by atoms with Gasteiger partial charge in [-0.1, -0.05) is 125 Å². The Morgan fingerprint density at radius 2 is 1.07 bits per heavy atom. The molecule has 13 amide bonds. The number of carbonyl (C=O) groups excluding carboxylic acids is 15. The van der Waals surface area contributed by atoms with E-state index in [4.69, 9.17) is 17.2 Å². The quantitative estimate of drug-likeness (QED) is 0.0155. The zero-order valence-electron chi connectivity index (χ0n) is 74.8. The number of carboxylic acids is 2. The van der Waals surface area contributed by atoms with Crippen LogP contribution in [0.1, 0.15) is 100.0 Å². The molecule has 0 spiro atoms. The van der Waals surface area contributed by atoms with E-state index in [1.54, 1.807) is 112 Å². The number of H-pyrrole nitrogens is 1. The number of carboxylic acid groups (broad SMARTS) is 2. The molecule has 0 bridgehead atoms. The van der Waals surface area contributed by atoms with Crippen molar-refractivity contribution in [3.63, 3.8) is 0 Å². The summed E-state index contributed by atoms with van der Waals surface area (Å²) in [6.07, 6.45) is -5.11. The van der Waals surface area contributed by atoms with Crippen molar-refractivity contribution in [1.82, 2.24) is 72.0 Å². The smallest absolute Gasteiger partial charge is 0.305 e. The number of para-hydroxylation sites is 1. The molecule has 6 aromatic rings. The number of benzene rings is 5. The molecule has 5 aromatic carbocycles. The summed E-state index contributed by atoms with van der Waals surface area (Å²) in [6, 6.07) is 9.69. The van der Waals surface area contributed by atoms with Crippen LogP contribution in [0.15, 0.2) is 128 Å². The number of nitrogens with zero attached hydrogens (tertiary/aromatic N) is 5. The minimum atomic E-state index is -1.90. The molecule has 3 heterocycles. The molecule has 1 unspecified atom stereocenters. The topological polar surface area (TPSA) is 598 Å². The van der Waals surface area contributed by atoms with Crippen molar-refractivity contribution in [3.05, 3.63) is 173 Å². The molecule has 15 atom stereocenters. The number of hydrogen-bond acceptors (Lipinski definition) is 24. The number of unbranched alkanes of at least 4 members (excludes halogenated alkanes) is 1. The second kappa shape index (κ2) is 50.6. The van der Waals surface area contributed by atoms with Crippen LogP contribution < -0.4 is 59.7 Å². The molecule has 724 valence electrons. The van der Waals surface area contributed by atoms with Crippen LogP contribution >= 0.6 is 11.8 Å². The van der Waals surface area contributed by atoms with E-state index in [2.05, 4.69) is 47.5 Å². The van der Waals surface area contributed by atoms with Crippen LogP contribution in [0.3, 0.4) is 0 Å². The number of aromatic amines is 1. The molecule has 1 aromatic heterocycles. The first-order chi connectivity index (χ1) is 63.6. The number of primary amides is 1. The second-order valence-electron chi connectivity index (χ2n) is 33.5. The fraction of sp³-hybridized carbons (Fsp3) is 0.462. The number of aliphatic hydroxyl groups is 2. The number of nitrogens with two attached hydrogens (primary N) is 3. The van der Waals surface area contributed by atoms with Gasteiger partial charge in [-0.3, -0.25) is 82.0 Å². The van der Waals surface area contributed by atoms with E-state index >= 15 is 32.8 Å². The van der Waals surface area contributed by atoms with Crippen LogP contribution in [0, 0.1) is 23.4 Å². The van der Waals surface area contributed by atoms with Gasteiger partial charge in [-0.25, -0.2) is 13.2 Å². The summed E-state index contributed by atoms with van der Waals surface area (Å²) >= 11 is 0.613. The number of aldehydes is 1. The van der Waals surface area contributed by atoms with E-state index in [-0.39, 0.29) is 56.6 Å². The van der Waals surface area contributed by atoms with Crippen LogP contribution in [-0.4, -0.2) is 312 Å². The standard InChI is InChI=1S/C91H116F3N17O22S/c1-7-8-23-69(90(132)111-45-58(115)38-71(111)85(127)101-55(46-112)37-77(119)120)107(4)89(131)73(35-51-19-13-10-14-20-51)109(6)87(129)67(33-53-30-60(92)79(94)61(93)31-53)102-76(118)48-134-47-68(81(123)100-43-75(96)117)106-82(124)63(28-29-95)103-83(125)64(32-52-24-26-56(113)27-25-52)104-84(126)65(36-54-41-98-62-22-16-15-21-59(54)62)105-86(128)72-39-57(114)44-110(72)88(130)66(40-78(121)122)99-42-74(116)70(34-50-17-11-9-12-18-50)108(5)91(133)80(97)49(2)3/h9-22,24-27,30-31,41,46,49,55,57-58,63-73,80,98-99,113-115H,7-8,23,28-29,32-40,42-45,47-48,95,97H2,1-6H3,(H2,96,117)(H,100,123)(H,101,127)(H,102,118)(H,103,125)(H,104,126)(H,105,128)(H,106,124)(H,119,120)(H,121,122)/t55-,57+,58+,63-,64-,65-,66-,67-,68-,69-,70?,71+,72+,73-,80-/m0/s1. The third-order valence-electron chi connectivity index (χ3n) is 23.1. The highest BCUT2D eigenvalue weighted by atomic mass is 32.2. The van der Waals surface area contributed by atoms with E-state index in [9.17, 15) is 87.5 Å². The van der Waals surface area contributed by atoms with Crippen molar-refractivity contribution in [2.45, 2.75) is 195 Å². The number of amides is 13. The molecule has 2 aliphatic heterocycles. The minimum absolute atomic E-state index is 0.00240. The maximum atomic E-state index is 15.3. The lowest BCUT2D eigenvalue weighted by Gasteiger charge is -2.37. The number of hydrogen-bond donors (Lipinski definition) is 17. The van der Waals surface area contributed by atoms with Gasteiger partial charge in [0.15, 0.2) is 23.2 Å². The first-order valence-electron chi connectivity index (χ1n) is 43.5. The fourth-order valence-corrected chi connectivity index (χ4v) is 16.6. The zero-order valence-corrected chi connectivity index (χ0v) is 75.6. The van der Waals surface area contributed by atoms with Crippen LogP contribution in [0.25, 0.3) is 10.9 Å². The van der Waals surface area contributed by atoms with Gasteiger partial charge in [0.05, 0.1) is 68.1 Å². The number of phenols is 1. The summed E-state index contributed by atoms with van der Waals surface area (Å²) in [7, 11) is 3.80. The first kappa shape index (κ1) is 106. The van der Waals surface area contributed by atoms with Crippen LogP contribution in [0.2, 0.25) is 0 Å². The molecule has 2 aliphatic rings. The number of thioether (sulfide) groups is 1. The Morgan fingerprint density at radius 3 is 1.64 bits per heavy atom. The number of fused-ring (bicyclic) bond motifs is 1. The number of likely N-dealkylation sites (N-methyl/N-ethyl adjacent to an activating group) is 3. The van der Waals surface area contributed by atoms with E-state index in [1.165, 1.54) is 43.3 Å². The van der Waals surface area contributed by atoms with Crippen LogP contribution in [0.5, 0.6) is 5.75 Å². The molecule has 8 rings (SSSR count). The van der Waals surface area contributed by atoms with Crippen molar-refractivity contribution in [3.8, 4) is 5.75 Å². The van der Waals surface area contributed by atoms with Gasteiger partial charge in [0.2, 0.25) is 76.8 Å². The predicted molar refractivity (Wildman–Crippen MR) is 481 cm³/mol. The number of nitrogens with one attached hydrogen (secondary N) is 9. The average molecular weight is 1890 g/mol. The highest BCUT2D eigenvalue weighted by Gasteiger charge is 2.47. The minimum Gasteiger partial charge on any atom is -0.508 e. The third-order valence-corrected chi connectivity index (χ3v) is 24.1. The number of halogens is 3. The van der Waals surface area contributed by atoms with Crippen molar-refractivity contribution in [2.24, 2.45) is 23.1 Å². The van der Waals surface area contributed by atoms with E-state index in [0.717, 1.165) is 26.6 Å². The molecule has 39 nitrogen and oxygen atoms in total. The maximum absolute atomic E-state index is 15.3. The molecular formula is C91H116F3N17O22S. The monoisotopic (exact) mass is 1890 g/mol. The Bertz CT molecular complexity index is 5160. The summed E-state index contributed by atoms with van der Waals surface area (Å²) in [6.45, 7) is 2.40. The number of aromatic nitrogens is 1. The fourth-order valence-electron chi connectivity index (χ4n) is 15.7. The number of rotatable bonds is 51. The average Bonchev–Trinajstić information content (AvgIpc) is 1.54. The summed E-state index contributed by atoms with van der Waals surface area (Å²) in [5, 5.41) is 72.7. The number of aliphatic carboxylic acids is 2. The Kier molecular flexibility index (Phi) is 40.1. The molecule has 2 fully saturated rings. The van der Waals surface area contributed by atoms with Gasteiger partial charge in [0.1, 0.15) is 66.4 Å². The molecule has 0 radical (unpaired) electrons. The highest BCUT2D eigenvalue weighted by molar-refractivity contribution is 8.00. The Labute approximate surface area is 774 Å². The van der Waals surface area contributed by atoms with Crippen molar-refractivity contribution < 1.29 is 120 Å². The maximum Gasteiger partial charge on any atom is 0.305 e. The third kappa shape index (κ3) is 30.1. The van der Waals surface area contributed by atoms with Crippen molar-refractivity contribution in [2.75, 3.05) is 65.4 Å². The Balaban J connectivity index is 1.03. The summed E-state index contributed by atoms with van der Waals surface area (Å²) in [5.41, 5.74) is 19.7. The van der Waals surface area contributed by atoms with Gasteiger partial charge in [0, 0.05) is 95.6 Å². The predicted octanol–water partition coefficient (Wildman–Crippen LogP) is -1.35. The van der Waals surface area contributed by atoms with E-state index < -0.39 is 284 Å². The van der Waals surface area contributed by atoms with Crippen molar-refractivity contribution >= 4 is 123 Å². The number of Topliss-reactive ketones (excluding diaryl/α,β-unsaturated/α-hetero) is 1. The van der Waals surface area contributed by atoms with E-state index in [1.807, 2.05) is 0 Å². The summed E-state index contributed by atoms with van der Waals surface area (Å²) < 4.78 is 44.8. The van der Waals surface area contributed by atoms with Gasteiger partial charge in [0.25, 0.3) is 0 Å². The lowest BCUT2D eigenvalue weighted by molar-refractivity contribution is -0.152. The summed E-state index contributed by atoms with van der Waals surface area (Å²) in [5.74, 6) is -23.8. The Morgan fingerprint density at radius 1 is 0.560 bits per heavy atom. The number of aliphatic hydroxyl groups excluding tert-OH is 2. The molecule has 0 saturated carbocycles. The molecule has 134 heavy (non-hydrogen) atoms. The number of aromatic hydroxyl groups is 1. The van der Waals surface area contributed by atoms with Crippen LogP contribution in [-0.2, 0) is 114 Å². The van der Waals surface area contributed by atoms with Gasteiger partial charge in [-0.05, 0) is 89.9 Å². The van der Waals surface area contributed by atoms with E-state index in [0.29, 0.717) is 69.9 Å². The lowest BCUT2D eigenvalue weighted by atomic mass is 9.98. The first-order valence-corrected chi connectivity index (χ1v) is 44.6. The number of β-amino-alcohol motifs (C(OH)–C–C–N with tert-alkyl or cyclic N) is 2. The molecular weight excluding hydrogens is 1770 g/mol. The van der Waals surface area contributed by atoms with Gasteiger partial charge < -0.3 is 114 Å². The molecule has 43 heteroatoms. The second-order valence-corrected chi connectivity index (χ2v) is 34.5.